The number of halogens is 1. The molecule has 0 saturated carbocycles. The van der Waals surface area contributed by atoms with Gasteiger partial charge in [0.05, 0.1) is 11.5 Å². The summed E-state index contributed by atoms with van der Waals surface area (Å²) in [4.78, 5) is 13.5. The molecule has 21 heavy (non-hydrogen) atoms. The summed E-state index contributed by atoms with van der Waals surface area (Å²) in [5, 5.41) is -0.167. The fraction of sp³-hybridized carbons (Fsp3) is 0.583. The molecule has 0 radical (unpaired) electrons. The van der Waals surface area contributed by atoms with Crippen molar-refractivity contribution in [1.82, 2.24) is 9.29 Å². The molecule has 0 amide bonds. The fourth-order valence-corrected chi connectivity index (χ4v) is 3.36. The topological polar surface area (TPSA) is 88.7 Å². The van der Waals surface area contributed by atoms with E-state index < -0.39 is 15.6 Å². The molecule has 0 fully saturated rings. The minimum Gasteiger partial charge on any atom is -0.385 e. The van der Waals surface area contributed by atoms with Gasteiger partial charge in [0.25, 0.3) is 5.56 Å². The Balaban J connectivity index is 3.00. The highest BCUT2D eigenvalue weighted by molar-refractivity contribution is 7.89. The summed E-state index contributed by atoms with van der Waals surface area (Å²) in [6, 6.07) is 1.14. The number of ether oxygens (including phenoxy) is 2. The molecule has 1 N–H and O–H groups in total. The molecule has 0 unspecified atom stereocenters. The molecule has 1 aromatic heterocycles. The third-order valence-electron chi connectivity index (χ3n) is 2.77. The summed E-state index contributed by atoms with van der Waals surface area (Å²) in [7, 11) is -0.702. The van der Waals surface area contributed by atoms with Crippen LogP contribution in [0.1, 0.15) is 6.42 Å². The standard InChI is InChI=1S/C12H19ClN2O5S/c1-19-6-3-4-15(5-7-20-2)21(17,18)10-8-11(13)12(16)14-9-10/h8-9H,3-7H2,1-2H3,(H,14,16). The summed E-state index contributed by atoms with van der Waals surface area (Å²) in [6.07, 6.45) is 1.69. The first-order chi connectivity index (χ1) is 9.93. The van der Waals surface area contributed by atoms with Crippen LogP contribution in [0.5, 0.6) is 0 Å². The van der Waals surface area contributed by atoms with E-state index in [1.165, 1.54) is 11.4 Å². The molecular weight excluding hydrogens is 320 g/mol. The number of aromatic amines is 1. The van der Waals surface area contributed by atoms with E-state index in [1.54, 1.807) is 7.11 Å². The first kappa shape index (κ1) is 18.1. The van der Waals surface area contributed by atoms with Crippen LogP contribution in [0.2, 0.25) is 5.02 Å². The van der Waals surface area contributed by atoms with Crippen molar-refractivity contribution in [1.29, 1.82) is 0 Å². The van der Waals surface area contributed by atoms with E-state index in [-0.39, 0.29) is 29.6 Å². The van der Waals surface area contributed by atoms with E-state index in [0.29, 0.717) is 13.0 Å². The molecule has 1 rings (SSSR count). The lowest BCUT2D eigenvalue weighted by atomic mass is 10.4. The molecule has 0 spiro atoms. The SMILES string of the molecule is COCCCN(CCOC)S(=O)(=O)c1c[nH]c(=O)c(Cl)c1. The van der Waals surface area contributed by atoms with E-state index in [9.17, 15) is 13.2 Å². The summed E-state index contributed by atoms with van der Waals surface area (Å²) in [5.74, 6) is 0. The predicted octanol–water partition coefficient (Wildman–Crippen LogP) is 0.702. The number of aromatic nitrogens is 1. The first-order valence-corrected chi connectivity index (χ1v) is 8.11. The van der Waals surface area contributed by atoms with Gasteiger partial charge in [-0.1, -0.05) is 11.6 Å². The van der Waals surface area contributed by atoms with Gasteiger partial charge >= 0.3 is 0 Å². The van der Waals surface area contributed by atoms with E-state index in [4.69, 9.17) is 21.1 Å². The van der Waals surface area contributed by atoms with Crippen LogP contribution in [0.3, 0.4) is 0 Å². The Labute approximate surface area is 128 Å². The van der Waals surface area contributed by atoms with E-state index in [1.807, 2.05) is 0 Å². The third-order valence-corrected chi connectivity index (χ3v) is 4.93. The summed E-state index contributed by atoms with van der Waals surface area (Å²) in [5.41, 5.74) is -0.529. The summed E-state index contributed by atoms with van der Waals surface area (Å²) >= 11 is 5.68. The van der Waals surface area contributed by atoms with Gasteiger partial charge in [0.1, 0.15) is 5.02 Å². The highest BCUT2D eigenvalue weighted by Crippen LogP contribution is 2.16. The Morgan fingerprint density at radius 3 is 2.48 bits per heavy atom. The van der Waals surface area contributed by atoms with Gasteiger partial charge in [-0.05, 0) is 12.5 Å². The Hall–Kier alpha value is -0.930. The lowest BCUT2D eigenvalue weighted by Gasteiger charge is -2.21. The Bertz CT molecular complexity index is 602. The van der Waals surface area contributed by atoms with E-state index in [0.717, 1.165) is 12.3 Å². The first-order valence-electron chi connectivity index (χ1n) is 6.29. The van der Waals surface area contributed by atoms with Gasteiger partial charge in [-0.15, -0.1) is 0 Å². The van der Waals surface area contributed by atoms with Gasteiger partial charge in [0, 0.05) is 40.1 Å². The van der Waals surface area contributed by atoms with Crippen molar-refractivity contribution < 1.29 is 17.9 Å². The van der Waals surface area contributed by atoms with Gasteiger partial charge in [0.15, 0.2) is 0 Å². The Morgan fingerprint density at radius 1 is 1.24 bits per heavy atom. The normalized spacial score (nSPS) is 12.0. The van der Waals surface area contributed by atoms with Crippen molar-refractivity contribution in [3.05, 3.63) is 27.6 Å². The van der Waals surface area contributed by atoms with E-state index >= 15 is 0 Å². The summed E-state index contributed by atoms with van der Waals surface area (Å²) in [6.45, 7) is 1.21. The van der Waals surface area contributed by atoms with Crippen molar-refractivity contribution >= 4 is 21.6 Å². The van der Waals surface area contributed by atoms with Crippen LogP contribution >= 0.6 is 11.6 Å². The van der Waals surface area contributed by atoms with Gasteiger partial charge in [-0.25, -0.2) is 8.42 Å². The van der Waals surface area contributed by atoms with Crippen molar-refractivity contribution in [3.8, 4) is 0 Å². The maximum Gasteiger partial charge on any atom is 0.266 e. The molecule has 0 aliphatic carbocycles. The molecule has 0 aliphatic rings. The second-order valence-corrected chi connectivity index (χ2v) is 6.60. The minimum absolute atomic E-state index is 0.0550. The quantitative estimate of drug-likeness (QED) is 0.670. The number of nitrogens with zero attached hydrogens (tertiary/aromatic N) is 1. The third kappa shape index (κ3) is 5.08. The van der Waals surface area contributed by atoms with Gasteiger partial charge in [0.2, 0.25) is 10.0 Å². The molecule has 0 saturated heterocycles. The minimum atomic E-state index is -3.75. The molecule has 7 nitrogen and oxygen atoms in total. The number of hydrogen-bond donors (Lipinski definition) is 1. The van der Waals surface area contributed by atoms with Crippen molar-refractivity contribution in [2.24, 2.45) is 0 Å². The average Bonchev–Trinajstić information content (AvgIpc) is 2.45. The van der Waals surface area contributed by atoms with Crippen molar-refractivity contribution in [2.45, 2.75) is 11.3 Å². The number of H-pyrrole nitrogens is 1. The zero-order valence-corrected chi connectivity index (χ0v) is 13.5. The zero-order valence-electron chi connectivity index (χ0n) is 12.0. The number of hydrogen-bond acceptors (Lipinski definition) is 5. The van der Waals surface area contributed by atoms with Crippen LogP contribution in [0.25, 0.3) is 0 Å². The highest BCUT2D eigenvalue weighted by atomic mass is 35.5. The lowest BCUT2D eigenvalue weighted by molar-refractivity contribution is 0.164. The fourth-order valence-electron chi connectivity index (χ4n) is 1.67. The lowest BCUT2D eigenvalue weighted by Crippen LogP contribution is -2.35. The van der Waals surface area contributed by atoms with Crippen LogP contribution in [-0.4, -0.2) is 58.2 Å². The summed E-state index contributed by atoms with van der Waals surface area (Å²) < 4.78 is 36.2. The van der Waals surface area contributed by atoms with Crippen LogP contribution in [0, 0.1) is 0 Å². The van der Waals surface area contributed by atoms with Gasteiger partial charge < -0.3 is 14.5 Å². The molecule has 0 bridgehead atoms. The molecule has 120 valence electrons. The van der Waals surface area contributed by atoms with Gasteiger partial charge in [-0.2, -0.15) is 4.31 Å². The molecule has 0 aliphatic heterocycles. The molecule has 1 aromatic rings. The second-order valence-electron chi connectivity index (χ2n) is 4.26. The second kappa shape index (κ2) is 8.50. The van der Waals surface area contributed by atoms with Crippen molar-refractivity contribution in [2.75, 3.05) is 40.5 Å². The zero-order chi connectivity index (χ0) is 15.9. The van der Waals surface area contributed by atoms with Crippen LogP contribution in [0.4, 0.5) is 0 Å². The van der Waals surface area contributed by atoms with Crippen LogP contribution < -0.4 is 5.56 Å². The largest absolute Gasteiger partial charge is 0.385 e. The Kier molecular flexibility index (Phi) is 7.33. The highest BCUT2D eigenvalue weighted by Gasteiger charge is 2.24. The molecule has 0 aromatic carbocycles. The maximum atomic E-state index is 12.5. The number of nitrogens with one attached hydrogen (secondary N) is 1. The van der Waals surface area contributed by atoms with Crippen LogP contribution in [-0.2, 0) is 19.5 Å². The molecule has 0 atom stereocenters. The Morgan fingerprint density at radius 2 is 1.90 bits per heavy atom. The number of methoxy groups -OCH3 is 2. The number of rotatable bonds is 9. The van der Waals surface area contributed by atoms with E-state index in [2.05, 4.69) is 4.98 Å². The van der Waals surface area contributed by atoms with Gasteiger partial charge in [-0.3, -0.25) is 4.79 Å². The molecular formula is C12H19ClN2O5S. The predicted molar refractivity (Wildman–Crippen MR) is 79.2 cm³/mol. The molecule has 1 heterocycles. The van der Waals surface area contributed by atoms with Crippen molar-refractivity contribution in [3.63, 3.8) is 0 Å². The molecule has 9 heteroatoms. The number of pyridine rings is 1. The smallest absolute Gasteiger partial charge is 0.266 e. The number of sulfonamides is 1. The van der Waals surface area contributed by atoms with Crippen LogP contribution in [0.15, 0.2) is 22.0 Å². The monoisotopic (exact) mass is 338 g/mol. The maximum absolute atomic E-state index is 12.5. The average molecular weight is 339 g/mol.